The van der Waals surface area contributed by atoms with Crippen LogP contribution in [-0.2, 0) is 0 Å². The number of benzene rings is 1. The smallest absolute Gasteiger partial charge is 0.221 e. The number of pyridine rings is 1. The zero-order valence-electron chi connectivity index (χ0n) is 11.3. The van der Waals surface area contributed by atoms with Crippen molar-refractivity contribution in [1.82, 2.24) is 10.3 Å². The van der Waals surface area contributed by atoms with Gasteiger partial charge in [0.05, 0.1) is 6.61 Å². The molecule has 0 aliphatic carbocycles. The zero-order valence-corrected chi connectivity index (χ0v) is 12.9. The predicted octanol–water partition coefficient (Wildman–Crippen LogP) is 3.76. The third-order valence-corrected chi connectivity index (χ3v) is 3.52. The largest absolute Gasteiger partial charge is 0.477 e. The number of halogens is 1. The Balaban J connectivity index is 1.99. The number of ether oxygens (including phenoxy) is 1. The highest BCUT2D eigenvalue weighted by Gasteiger charge is 2.05. The number of nitrogens with zero attached hydrogens (tertiary/aromatic N) is 1. The minimum Gasteiger partial charge on any atom is -0.477 e. The van der Waals surface area contributed by atoms with Gasteiger partial charge in [-0.1, -0.05) is 35.8 Å². The van der Waals surface area contributed by atoms with Crippen LogP contribution in [0.2, 0.25) is 0 Å². The molecule has 2 rings (SSSR count). The summed E-state index contributed by atoms with van der Waals surface area (Å²) in [4.78, 5) is 4.32. The molecule has 0 fully saturated rings. The molecule has 0 saturated carbocycles. The van der Waals surface area contributed by atoms with Gasteiger partial charge in [-0.25, -0.2) is 4.98 Å². The van der Waals surface area contributed by atoms with E-state index in [2.05, 4.69) is 40.1 Å². The molecule has 2 aromatic rings. The highest BCUT2D eigenvalue weighted by Crippen LogP contribution is 2.28. The molecule has 0 atom stereocenters. The molecule has 3 nitrogen and oxygen atoms in total. The van der Waals surface area contributed by atoms with Crippen LogP contribution in [0.3, 0.4) is 0 Å². The lowest BCUT2D eigenvalue weighted by atomic mass is 10.2. The van der Waals surface area contributed by atoms with Gasteiger partial charge in [0.1, 0.15) is 0 Å². The van der Waals surface area contributed by atoms with Gasteiger partial charge in [-0.2, -0.15) is 0 Å². The first kappa shape index (κ1) is 14.3. The summed E-state index contributed by atoms with van der Waals surface area (Å²) in [5.74, 6) is 0.711. The summed E-state index contributed by atoms with van der Waals surface area (Å²) in [6.45, 7) is 5.93. The molecule has 102 valence electrons. The second-order valence-corrected chi connectivity index (χ2v) is 5.62. The molecule has 0 saturated heterocycles. The minimum absolute atomic E-state index is 0.520. The SMILES string of the molecule is CC(C)NCCCOc1nccc2c(Br)cccc12. The maximum Gasteiger partial charge on any atom is 0.221 e. The molecular formula is C15H19BrN2O. The first-order valence-corrected chi connectivity index (χ1v) is 7.37. The van der Waals surface area contributed by atoms with E-state index < -0.39 is 0 Å². The molecule has 0 spiro atoms. The van der Waals surface area contributed by atoms with E-state index in [0.717, 1.165) is 28.2 Å². The molecular weight excluding hydrogens is 304 g/mol. The average Bonchev–Trinajstić information content (AvgIpc) is 2.39. The Morgan fingerprint density at radius 1 is 1.26 bits per heavy atom. The van der Waals surface area contributed by atoms with Gasteiger partial charge in [0, 0.05) is 27.5 Å². The summed E-state index contributed by atoms with van der Waals surface area (Å²) < 4.78 is 6.85. The molecule has 1 N–H and O–H groups in total. The van der Waals surface area contributed by atoms with Crippen molar-refractivity contribution in [3.05, 3.63) is 34.9 Å². The van der Waals surface area contributed by atoms with E-state index in [1.54, 1.807) is 6.20 Å². The van der Waals surface area contributed by atoms with E-state index in [4.69, 9.17) is 4.74 Å². The topological polar surface area (TPSA) is 34.1 Å². The number of aromatic nitrogens is 1. The molecule has 1 aromatic carbocycles. The number of rotatable bonds is 6. The Labute approximate surface area is 122 Å². The van der Waals surface area contributed by atoms with Crippen LogP contribution in [0.1, 0.15) is 20.3 Å². The van der Waals surface area contributed by atoms with Crippen molar-refractivity contribution in [3.63, 3.8) is 0 Å². The highest BCUT2D eigenvalue weighted by atomic mass is 79.9. The van der Waals surface area contributed by atoms with Crippen LogP contribution in [0.5, 0.6) is 5.88 Å². The summed E-state index contributed by atoms with van der Waals surface area (Å²) in [5.41, 5.74) is 0. The molecule has 1 aromatic heterocycles. The second kappa shape index (κ2) is 6.87. The predicted molar refractivity (Wildman–Crippen MR) is 82.7 cm³/mol. The van der Waals surface area contributed by atoms with Crippen LogP contribution in [0, 0.1) is 0 Å². The number of fused-ring (bicyclic) bond motifs is 1. The Bertz CT molecular complexity index is 543. The Hall–Kier alpha value is -1.13. The van der Waals surface area contributed by atoms with Gasteiger partial charge in [-0.15, -0.1) is 0 Å². The molecule has 0 bridgehead atoms. The quantitative estimate of drug-likeness (QED) is 0.822. The van der Waals surface area contributed by atoms with Crippen molar-refractivity contribution in [2.24, 2.45) is 0 Å². The maximum absolute atomic E-state index is 5.78. The molecule has 19 heavy (non-hydrogen) atoms. The fourth-order valence-electron chi connectivity index (χ4n) is 1.89. The molecule has 0 radical (unpaired) electrons. The second-order valence-electron chi connectivity index (χ2n) is 4.76. The average molecular weight is 323 g/mol. The van der Waals surface area contributed by atoms with Crippen LogP contribution in [0.15, 0.2) is 34.9 Å². The van der Waals surface area contributed by atoms with E-state index >= 15 is 0 Å². The zero-order chi connectivity index (χ0) is 13.7. The van der Waals surface area contributed by atoms with Crippen LogP contribution >= 0.6 is 15.9 Å². The van der Waals surface area contributed by atoms with E-state index in [9.17, 15) is 0 Å². The van der Waals surface area contributed by atoms with Crippen molar-refractivity contribution in [2.75, 3.05) is 13.2 Å². The summed E-state index contributed by atoms with van der Waals surface area (Å²) in [6.07, 6.45) is 2.76. The lowest BCUT2D eigenvalue weighted by Gasteiger charge is -2.10. The summed E-state index contributed by atoms with van der Waals surface area (Å²) >= 11 is 3.55. The number of hydrogen-bond acceptors (Lipinski definition) is 3. The normalized spacial score (nSPS) is 11.2. The monoisotopic (exact) mass is 322 g/mol. The van der Waals surface area contributed by atoms with Crippen molar-refractivity contribution in [3.8, 4) is 5.88 Å². The van der Waals surface area contributed by atoms with Gasteiger partial charge >= 0.3 is 0 Å². The van der Waals surface area contributed by atoms with E-state index in [-0.39, 0.29) is 0 Å². The van der Waals surface area contributed by atoms with E-state index in [1.807, 2.05) is 24.3 Å². The molecule has 1 heterocycles. The molecule has 0 aliphatic rings. The molecule has 0 unspecified atom stereocenters. The summed E-state index contributed by atoms with van der Waals surface area (Å²) in [6, 6.07) is 8.58. The number of nitrogens with one attached hydrogen (secondary N) is 1. The summed E-state index contributed by atoms with van der Waals surface area (Å²) in [7, 11) is 0. The standard InChI is InChI=1S/C15H19BrN2O/c1-11(2)17-8-4-10-19-15-13-5-3-6-14(16)12(13)7-9-18-15/h3,5-7,9,11,17H,4,8,10H2,1-2H3. The van der Waals surface area contributed by atoms with Crippen molar-refractivity contribution >= 4 is 26.7 Å². The van der Waals surface area contributed by atoms with Crippen LogP contribution in [0.25, 0.3) is 10.8 Å². The Morgan fingerprint density at radius 3 is 2.89 bits per heavy atom. The number of hydrogen-bond donors (Lipinski definition) is 1. The Kier molecular flexibility index (Phi) is 5.16. The van der Waals surface area contributed by atoms with Gasteiger partial charge in [0.15, 0.2) is 0 Å². The van der Waals surface area contributed by atoms with Crippen molar-refractivity contribution < 1.29 is 4.74 Å². The van der Waals surface area contributed by atoms with Crippen LogP contribution in [0.4, 0.5) is 0 Å². The fraction of sp³-hybridized carbons (Fsp3) is 0.400. The van der Waals surface area contributed by atoms with Gasteiger partial charge in [-0.05, 0) is 31.2 Å². The van der Waals surface area contributed by atoms with Gasteiger partial charge in [-0.3, -0.25) is 0 Å². The highest BCUT2D eigenvalue weighted by molar-refractivity contribution is 9.10. The van der Waals surface area contributed by atoms with Crippen LogP contribution in [-0.4, -0.2) is 24.2 Å². The molecule has 4 heteroatoms. The van der Waals surface area contributed by atoms with Gasteiger partial charge in [0.2, 0.25) is 5.88 Å². The van der Waals surface area contributed by atoms with Gasteiger partial charge in [0.25, 0.3) is 0 Å². The third kappa shape index (κ3) is 3.91. The van der Waals surface area contributed by atoms with E-state index in [1.165, 1.54) is 0 Å². The fourth-order valence-corrected chi connectivity index (χ4v) is 2.39. The maximum atomic E-state index is 5.78. The lowest BCUT2D eigenvalue weighted by Crippen LogP contribution is -2.24. The lowest BCUT2D eigenvalue weighted by molar-refractivity contribution is 0.299. The summed E-state index contributed by atoms with van der Waals surface area (Å²) in [5, 5.41) is 5.55. The third-order valence-electron chi connectivity index (χ3n) is 2.83. The Morgan fingerprint density at radius 2 is 2.11 bits per heavy atom. The van der Waals surface area contributed by atoms with Crippen molar-refractivity contribution in [1.29, 1.82) is 0 Å². The van der Waals surface area contributed by atoms with Crippen molar-refractivity contribution in [2.45, 2.75) is 26.3 Å². The molecule has 0 aliphatic heterocycles. The van der Waals surface area contributed by atoms with Gasteiger partial charge < -0.3 is 10.1 Å². The first-order chi connectivity index (χ1) is 9.18. The van der Waals surface area contributed by atoms with E-state index in [0.29, 0.717) is 18.5 Å². The minimum atomic E-state index is 0.520. The van der Waals surface area contributed by atoms with Crippen LogP contribution < -0.4 is 10.1 Å². The molecule has 0 amide bonds. The first-order valence-electron chi connectivity index (χ1n) is 6.58.